The van der Waals surface area contributed by atoms with Crippen LogP contribution in [-0.4, -0.2) is 34.5 Å². The number of phenols is 2. The lowest BCUT2D eigenvalue weighted by Gasteiger charge is -2.04. The third-order valence-electron chi connectivity index (χ3n) is 1.67. The fourth-order valence-corrected chi connectivity index (χ4v) is 1.03. The number of aliphatic hydroxyl groups excluding tert-OH is 1. The molecule has 82 valence electrons. The topological polar surface area (TPSA) is 87.0 Å². The zero-order valence-corrected chi connectivity index (χ0v) is 8.01. The van der Waals surface area contributed by atoms with Crippen LogP contribution in [0.4, 0.5) is 0 Å². The first kappa shape index (κ1) is 11.3. The van der Waals surface area contributed by atoms with Crippen molar-refractivity contribution in [3.8, 4) is 11.5 Å². The Morgan fingerprint density at radius 2 is 1.80 bits per heavy atom. The molecular weight excluding hydrogens is 200 g/mol. The highest BCUT2D eigenvalue weighted by Gasteiger charge is 2.09. The fourth-order valence-electron chi connectivity index (χ4n) is 1.03. The quantitative estimate of drug-likeness (QED) is 0.503. The summed E-state index contributed by atoms with van der Waals surface area (Å²) in [5.74, 6) is -1.05. The van der Waals surface area contributed by atoms with Crippen molar-refractivity contribution in [1.82, 2.24) is 0 Å². The number of carbonyl (C=O) groups is 1. The van der Waals surface area contributed by atoms with Gasteiger partial charge >= 0.3 is 5.97 Å². The van der Waals surface area contributed by atoms with Gasteiger partial charge in [-0.1, -0.05) is 0 Å². The lowest BCUT2D eigenvalue weighted by molar-refractivity contribution is 0.0481. The van der Waals surface area contributed by atoms with E-state index in [0.717, 1.165) is 6.07 Å². The number of hydrogen-bond donors (Lipinski definition) is 3. The highest BCUT2D eigenvalue weighted by molar-refractivity contribution is 5.90. The number of benzene rings is 1. The maximum atomic E-state index is 11.3. The van der Waals surface area contributed by atoms with Gasteiger partial charge in [0, 0.05) is 19.1 Å². The predicted octanol–water partition coefficient (Wildman–Crippen LogP) is 0.637. The number of aromatic hydroxyl groups is 2. The largest absolute Gasteiger partial charge is 0.508 e. The molecule has 0 bridgehead atoms. The molecule has 0 fully saturated rings. The number of aliphatic hydroxyl groups is 1. The molecule has 0 heterocycles. The minimum absolute atomic E-state index is 0.0570. The standard InChI is InChI=1S/C10H12O5/c11-2-1-3-15-10(14)7-4-8(12)6-9(13)5-7/h4-6,11-13H,1-3H2. The van der Waals surface area contributed by atoms with Crippen molar-refractivity contribution < 1.29 is 24.9 Å². The van der Waals surface area contributed by atoms with Crippen LogP contribution in [0.25, 0.3) is 0 Å². The van der Waals surface area contributed by atoms with Gasteiger partial charge in [-0.3, -0.25) is 0 Å². The first-order chi connectivity index (χ1) is 7.13. The van der Waals surface area contributed by atoms with Gasteiger partial charge in [0.15, 0.2) is 0 Å². The molecule has 0 spiro atoms. The van der Waals surface area contributed by atoms with Crippen molar-refractivity contribution in [3.05, 3.63) is 23.8 Å². The van der Waals surface area contributed by atoms with E-state index >= 15 is 0 Å². The summed E-state index contributed by atoms with van der Waals surface area (Å²) in [6.07, 6.45) is 0.358. The van der Waals surface area contributed by atoms with Crippen LogP contribution in [0, 0.1) is 0 Å². The van der Waals surface area contributed by atoms with Crippen molar-refractivity contribution >= 4 is 5.97 Å². The molecule has 0 aliphatic rings. The Balaban J connectivity index is 2.65. The molecule has 1 aromatic rings. The first-order valence-corrected chi connectivity index (χ1v) is 4.44. The molecule has 0 saturated carbocycles. The van der Waals surface area contributed by atoms with Gasteiger partial charge in [0.2, 0.25) is 0 Å². The Morgan fingerprint density at radius 1 is 1.20 bits per heavy atom. The van der Waals surface area contributed by atoms with E-state index in [9.17, 15) is 4.79 Å². The predicted molar refractivity (Wildman–Crippen MR) is 51.8 cm³/mol. The molecule has 0 saturated heterocycles. The zero-order valence-electron chi connectivity index (χ0n) is 8.01. The van der Waals surface area contributed by atoms with Gasteiger partial charge in [0.25, 0.3) is 0 Å². The molecular formula is C10H12O5. The van der Waals surface area contributed by atoms with E-state index in [1.807, 2.05) is 0 Å². The second-order valence-electron chi connectivity index (χ2n) is 2.95. The smallest absolute Gasteiger partial charge is 0.338 e. The molecule has 5 heteroatoms. The summed E-state index contributed by atoms with van der Waals surface area (Å²) < 4.78 is 4.76. The number of ether oxygens (including phenoxy) is 1. The maximum absolute atomic E-state index is 11.3. The fraction of sp³-hybridized carbons (Fsp3) is 0.300. The van der Waals surface area contributed by atoms with E-state index in [1.165, 1.54) is 12.1 Å². The molecule has 5 nitrogen and oxygen atoms in total. The molecule has 0 aliphatic carbocycles. The number of hydrogen-bond acceptors (Lipinski definition) is 5. The molecule has 0 atom stereocenters. The van der Waals surface area contributed by atoms with E-state index in [4.69, 9.17) is 20.1 Å². The van der Waals surface area contributed by atoms with Crippen LogP contribution in [0.5, 0.6) is 11.5 Å². The molecule has 15 heavy (non-hydrogen) atoms. The van der Waals surface area contributed by atoms with E-state index in [2.05, 4.69) is 0 Å². The van der Waals surface area contributed by atoms with Gasteiger partial charge in [-0.15, -0.1) is 0 Å². The minimum Gasteiger partial charge on any atom is -0.508 e. The highest BCUT2D eigenvalue weighted by atomic mass is 16.5. The van der Waals surface area contributed by atoms with Crippen LogP contribution < -0.4 is 0 Å². The van der Waals surface area contributed by atoms with E-state index in [0.29, 0.717) is 6.42 Å². The van der Waals surface area contributed by atoms with Crippen LogP contribution in [0.1, 0.15) is 16.8 Å². The van der Waals surface area contributed by atoms with Crippen molar-refractivity contribution in [2.24, 2.45) is 0 Å². The van der Waals surface area contributed by atoms with Gasteiger partial charge < -0.3 is 20.1 Å². The molecule has 0 aliphatic heterocycles. The average molecular weight is 212 g/mol. The van der Waals surface area contributed by atoms with Crippen molar-refractivity contribution in [3.63, 3.8) is 0 Å². The van der Waals surface area contributed by atoms with Gasteiger partial charge in [-0.2, -0.15) is 0 Å². The summed E-state index contributed by atoms with van der Waals surface area (Å²) >= 11 is 0. The van der Waals surface area contributed by atoms with Crippen molar-refractivity contribution in [2.45, 2.75) is 6.42 Å². The average Bonchev–Trinajstić information content (AvgIpc) is 2.16. The Hall–Kier alpha value is -1.75. The minimum atomic E-state index is -0.644. The van der Waals surface area contributed by atoms with Gasteiger partial charge in [-0.05, 0) is 12.1 Å². The van der Waals surface area contributed by atoms with Crippen LogP contribution in [0.2, 0.25) is 0 Å². The Bertz CT molecular complexity index is 327. The van der Waals surface area contributed by atoms with Crippen LogP contribution >= 0.6 is 0 Å². The van der Waals surface area contributed by atoms with Gasteiger partial charge in [-0.25, -0.2) is 4.79 Å². The second-order valence-corrected chi connectivity index (χ2v) is 2.95. The summed E-state index contributed by atoms with van der Waals surface area (Å²) in [7, 11) is 0. The van der Waals surface area contributed by atoms with E-state index in [-0.39, 0.29) is 30.3 Å². The van der Waals surface area contributed by atoms with Crippen molar-refractivity contribution in [2.75, 3.05) is 13.2 Å². The molecule has 0 aromatic heterocycles. The number of rotatable bonds is 4. The molecule has 1 aromatic carbocycles. The highest BCUT2D eigenvalue weighted by Crippen LogP contribution is 2.20. The van der Waals surface area contributed by atoms with Crippen molar-refractivity contribution in [1.29, 1.82) is 0 Å². The maximum Gasteiger partial charge on any atom is 0.338 e. The normalized spacial score (nSPS) is 9.93. The molecule has 0 radical (unpaired) electrons. The lowest BCUT2D eigenvalue weighted by Crippen LogP contribution is -2.07. The van der Waals surface area contributed by atoms with Gasteiger partial charge in [0.1, 0.15) is 11.5 Å². The summed E-state index contributed by atoms with van der Waals surface area (Å²) in [4.78, 5) is 11.3. The summed E-state index contributed by atoms with van der Waals surface area (Å²) in [6.45, 7) is 0.0460. The van der Waals surface area contributed by atoms with Crippen LogP contribution in [-0.2, 0) is 4.74 Å². The molecule has 0 amide bonds. The second kappa shape index (κ2) is 5.21. The van der Waals surface area contributed by atoms with Gasteiger partial charge in [0.05, 0.1) is 12.2 Å². The molecule has 1 rings (SSSR count). The zero-order chi connectivity index (χ0) is 11.3. The van der Waals surface area contributed by atoms with Crippen LogP contribution in [0.15, 0.2) is 18.2 Å². The number of carbonyl (C=O) groups excluding carboxylic acids is 1. The Labute approximate surface area is 86.5 Å². The first-order valence-electron chi connectivity index (χ1n) is 4.44. The Kier molecular flexibility index (Phi) is 3.93. The van der Waals surface area contributed by atoms with Crippen LogP contribution in [0.3, 0.4) is 0 Å². The Morgan fingerprint density at radius 3 is 2.33 bits per heavy atom. The third-order valence-corrected chi connectivity index (χ3v) is 1.67. The number of phenolic OH excluding ortho intramolecular Hbond substituents is 2. The summed E-state index contributed by atoms with van der Waals surface area (Å²) in [6, 6.07) is 3.51. The number of esters is 1. The van der Waals surface area contributed by atoms with E-state index < -0.39 is 5.97 Å². The molecule has 3 N–H and O–H groups in total. The SMILES string of the molecule is O=C(OCCCO)c1cc(O)cc(O)c1. The summed E-state index contributed by atoms with van der Waals surface area (Å²) in [5, 5.41) is 26.7. The lowest BCUT2D eigenvalue weighted by atomic mass is 10.2. The monoisotopic (exact) mass is 212 g/mol. The summed E-state index contributed by atoms with van der Waals surface area (Å²) in [5.41, 5.74) is 0.0745. The van der Waals surface area contributed by atoms with E-state index in [1.54, 1.807) is 0 Å². The molecule has 0 unspecified atom stereocenters. The third kappa shape index (κ3) is 3.47.